The minimum absolute atomic E-state index is 0.0329. The third-order valence-corrected chi connectivity index (χ3v) is 5.33. The molecule has 0 aliphatic rings. The van der Waals surface area contributed by atoms with Crippen molar-refractivity contribution in [2.45, 2.75) is 106 Å². The van der Waals surface area contributed by atoms with Crippen LogP contribution in [-0.2, 0) is 5.41 Å². The fourth-order valence-corrected chi connectivity index (χ4v) is 3.00. The summed E-state index contributed by atoms with van der Waals surface area (Å²) < 4.78 is 6.50. The molecular weight excluding hydrogens is 330 g/mol. The summed E-state index contributed by atoms with van der Waals surface area (Å²) in [6.07, 6.45) is 5.89. The number of aliphatic imine (C=N–C) groups is 1. The number of nitrogens with zero attached hydrogens (tertiary/aromatic N) is 1. The van der Waals surface area contributed by atoms with Crippen LogP contribution in [0.5, 0.6) is 5.75 Å². The van der Waals surface area contributed by atoms with E-state index in [4.69, 9.17) is 9.73 Å². The van der Waals surface area contributed by atoms with Crippen molar-refractivity contribution >= 4 is 6.21 Å². The number of hydrogen-bond acceptors (Lipinski definition) is 2. The van der Waals surface area contributed by atoms with Crippen LogP contribution in [0.1, 0.15) is 98.3 Å². The van der Waals surface area contributed by atoms with Crippen LogP contribution in [0.15, 0.2) is 17.1 Å². The molecule has 1 rings (SSSR count). The van der Waals surface area contributed by atoms with Crippen molar-refractivity contribution < 1.29 is 4.74 Å². The van der Waals surface area contributed by atoms with E-state index in [1.54, 1.807) is 0 Å². The van der Waals surface area contributed by atoms with Gasteiger partial charge in [-0.3, -0.25) is 4.99 Å². The lowest BCUT2D eigenvalue weighted by molar-refractivity contribution is 0.166. The summed E-state index contributed by atoms with van der Waals surface area (Å²) in [5, 5.41) is 0. The normalized spacial score (nSPS) is 15.0. The maximum absolute atomic E-state index is 6.50. The second-order valence-electron chi connectivity index (χ2n) is 9.94. The van der Waals surface area contributed by atoms with E-state index in [1.165, 1.54) is 24.0 Å². The molecule has 154 valence electrons. The molecule has 27 heavy (non-hydrogen) atoms. The zero-order valence-corrected chi connectivity index (χ0v) is 19.5. The van der Waals surface area contributed by atoms with Crippen LogP contribution in [0.3, 0.4) is 0 Å². The standard InChI is InChI=1S/C25H43NO/c1-17(2)12-11-13-20(6)26-16-22-19(5)14-15-23(25(8,9)10)24(22)27-21(7)18(3)4/h14-18,20-21H,11-13H2,1-10H3/b26-16+. The molecular formula is C25H43NO. The lowest BCUT2D eigenvalue weighted by atomic mass is 9.84. The van der Waals surface area contributed by atoms with Gasteiger partial charge in [-0.15, -0.1) is 0 Å². The van der Waals surface area contributed by atoms with Crippen molar-refractivity contribution in [3.8, 4) is 5.75 Å². The van der Waals surface area contributed by atoms with E-state index in [1.807, 2.05) is 0 Å². The maximum atomic E-state index is 6.50. The van der Waals surface area contributed by atoms with Crippen LogP contribution in [0.4, 0.5) is 0 Å². The molecule has 0 fully saturated rings. The number of aryl methyl sites for hydroxylation is 1. The van der Waals surface area contributed by atoms with Crippen molar-refractivity contribution in [2.24, 2.45) is 16.8 Å². The van der Waals surface area contributed by atoms with Gasteiger partial charge >= 0.3 is 0 Å². The predicted molar refractivity (Wildman–Crippen MR) is 121 cm³/mol. The topological polar surface area (TPSA) is 21.6 Å². The van der Waals surface area contributed by atoms with Crippen LogP contribution in [0.2, 0.25) is 0 Å². The van der Waals surface area contributed by atoms with Gasteiger partial charge in [0.25, 0.3) is 0 Å². The van der Waals surface area contributed by atoms with E-state index in [0.29, 0.717) is 12.0 Å². The second kappa shape index (κ2) is 10.3. The molecule has 0 bridgehead atoms. The average Bonchev–Trinajstić information content (AvgIpc) is 2.52. The summed E-state index contributed by atoms with van der Waals surface area (Å²) in [5.41, 5.74) is 3.66. The molecule has 0 saturated heterocycles. The zero-order chi connectivity index (χ0) is 20.8. The van der Waals surface area contributed by atoms with Crippen LogP contribution in [-0.4, -0.2) is 18.4 Å². The molecule has 0 saturated carbocycles. The van der Waals surface area contributed by atoms with Crippen molar-refractivity contribution in [1.82, 2.24) is 0 Å². The number of rotatable bonds is 9. The maximum Gasteiger partial charge on any atom is 0.132 e. The van der Waals surface area contributed by atoms with Gasteiger partial charge in [-0.2, -0.15) is 0 Å². The first-order valence-electron chi connectivity index (χ1n) is 10.8. The first kappa shape index (κ1) is 23.7. The van der Waals surface area contributed by atoms with Gasteiger partial charge < -0.3 is 4.74 Å². The predicted octanol–water partition coefficient (Wildman–Crippen LogP) is 7.35. The van der Waals surface area contributed by atoms with E-state index in [9.17, 15) is 0 Å². The van der Waals surface area contributed by atoms with Crippen molar-refractivity contribution in [3.05, 3.63) is 28.8 Å². The summed E-state index contributed by atoms with van der Waals surface area (Å²) >= 11 is 0. The van der Waals surface area contributed by atoms with Gasteiger partial charge in [0.05, 0.1) is 6.10 Å². The van der Waals surface area contributed by atoms with E-state index >= 15 is 0 Å². The summed E-state index contributed by atoms with van der Waals surface area (Å²) in [7, 11) is 0. The molecule has 0 heterocycles. The first-order chi connectivity index (χ1) is 12.4. The lowest BCUT2D eigenvalue weighted by Gasteiger charge is -2.28. The Morgan fingerprint density at radius 1 is 1.00 bits per heavy atom. The number of hydrogen-bond donors (Lipinski definition) is 0. The largest absolute Gasteiger partial charge is 0.489 e. The highest BCUT2D eigenvalue weighted by molar-refractivity contribution is 5.86. The molecule has 0 radical (unpaired) electrons. The van der Waals surface area contributed by atoms with E-state index in [0.717, 1.165) is 23.7 Å². The smallest absolute Gasteiger partial charge is 0.132 e. The summed E-state index contributed by atoms with van der Waals surface area (Å²) in [4.78, 5) is 4.88. The van der Waals surface area contributed by atoms with E-state index in [2.05, 4.69) is 87.6 Å². The fourth-order valence-electron chi connectivity index (χ4n) is 3.00. The summed E-state index contributed by atoms with van der Waals surface area (Å²) in [6.45, 7) is 22.3. The van der Waals surface area contributed by atoms with Crippen molar-refractivity contribution in [2.75, 3.05) is 0 Å². The van der Waals surface area contributed by atoms with Crippen LogP contribution >= 0.6 is 0 Å². The van der Waals surface area contributed by atoms with Crippen LogP contribution in [0, 0.1) is 18.8 Å². The van der Waals surface area contributed by atoms with Gasteiger partial charge in [-0.05, 0) is 50.0 Å². The second-order valence-corrected chi connectivity index (χ2v) is 9.94. The molecule has 2 unspecified atom stereocenters. The molecule has 1 aromatic rings. The molecule has 0 N–H and O–H groups in total. The molecule has 1 aromatic carbocycles. The Morgan fingerprint density at radius 2 is 1.63 bits per heavy atom. The SMILES string of the molecule is Cc1ccc(C(C)(C)C)c(OC(C)C(C)C)c1/C=N/C(C)CCCC(C)C. The Morgan fingerprint density at radius 3 is 2.15 bits per heavy atom. The van der Waals surface area contributed by atoms with Gasteiger partial charge in [0, 0.05) is 23.4 Å². The first-order valence-corrected chi connectivity index (χ1v) is 10.8. The molecule has 2 nitrogen and oxygen atoms in total. The summed E-state index contributed by atoms with van der Waals surface area (Å²) in [5.74, 6) is 2.25. The van der Waals surface area contributed by atoms with E-state index in [-0.39, 0.29) is 11.5 Å². The monoisotopic (exact) mass is 373 g/mol. The van der Waals surface area contributed by atoms with Crippen LogP contribution in [0.25, 0.3) is 0 Å². The Bertz CT molecular complexity index is 607. The molecule has 0 spiro atoms. The quantitative estimate of drug-likeness (QED) is 0.415. The highest BCUT2D eigenvalue weighted by Crippen LogP contribution is 2.36. The molecule has 0 aromatic heterocycles. The minimum Gasteiger partial charge on any atom is -0.489 e. The number of benzene rings is 1. The van der Waals surface area contributed by atoms with Crippen molar-refractivity contribution in [1.29, 1.82) is 0 Å². The summed E-state index contributed by atoms with van der Waals surface area (Å²) in [6, 6.07) is 4.77. The van der Waals surface area contributed by atoms with Crippen molar-refractivity contribution in [3.63, 3.8) is 0 Å². The average molecular weight is 374 g/mol. The lowest BCUT2D eigenvalue weighted by Crippen LogP contribution is -2.23. The number of ether oxygens (including phenoxy) is 1. The molecule has 0 aliphatic heterocycles. The molecule has 0 amide bonds. The van der Waals surface area contributed by atoms with Gasteiger partial charge in [-0.25, -0.2) is 0 Å². The Balaban J connectivity index is 3.17. The van der Waals surface area contributed by atoms with Crippen LogP contribution < -0.4 is 4.74 Å². The molecule has 2 atom stereocenters. The Hall–Kier alpha value is -1.31. The Kier molecular flexibility index (Phi) is 9.05. The Labute approximate surface area is 168 Å². The third-order valence-electron chi connectivity index (χ3n) is 5.33. The van der Waals surface area contributed by atoms with Gasteiger partial charge in [0.15, 0.2) is 0 Å². The molecule has 2 heteroatoms. The highest BCUT2D eigenvalue weighted by atomic mass is 16.5. The van der Waals surface area contributed by atoms with Gasteiger partial charge in [-0.1, -0.05) is 73.4 Å². The van der Waals surface area contributed by atoms with Gasteiger partial charge in [0.1, 0.15) is 5.75 Å². The zero-order valence-electron chi connectivity index (χ0n) is 19.5. The highest BCUT2D eigenvalue weighted by Gasteiger charge is 2.24. The van der Waals surface area contributed by atoms with Gasteiger partial charge in [0.2, 0.25) is 0 Å². The third kappa shape index (κ3) is 7.68. The molecule has 0 aliphatic carbocycles. The van der Waals surface area contributed by atoms with E-state index < -0.39 is 0 Å². The minimum atomic E-state index is 0.0329. The fraction of sp³-hybridized carbons (Fsp3) is 0.720.